The largest absolute Gasteiger partial charge is 0.379 e. The van der Waals surface area contributed by atoms with Gasteiger partial charge in [-0.05, 0) is 51.9 Å². The van der Waals surface area contributed by atoms with Crippen molar-refractivity contribution in [2.75, 3.05) is 52.5 Å². The first kappa shape index (κ1) is 14.3. The van der Waals surface area contributed by atoms with Crippen LogP contribution in [-0.4, -0.2) is 62.3 Å². The van der Waals surface area contributed by atoms with Crippen molar-refractivity contribution in [3.8, 4) is 0 Å². The van der Waals surface area contributed by atoms with Crippen molar-refractivity contribution in [1.82, 2.24) is 9.80 Å². The minimum Gasteiger partial charge on any atom is -0.379 e. The average Bonchev–Trinajstić information content (AvgIpc) is 2.45. The Morgan fingerprint density at radius 3 is 1.78 bits per heavy atom. The minimum absolute atomic E-state index is 0.939. The van der Waals surface area contributed by atoms with Gasteiger partial charge in [-0.2, -0.15) is 0 Å². The fraction of sp³-hybridized carbons (Fsp3) is 1.00. The van der Waals surface area contributed by atoms with E-state index in [9.17, 15) is 0 Å². The summed E-state index contributed by atoms with van der Waals surface area (Å²) in [5, 5.41) is 0. The first-order chi connectivity index (χ1) is 8.95. The molecular formula is C15H30N2O. The summed E-state index contributed by atoms with van der Waals surface area (Å²) in [5.41, 5.74) is 0. The molecule has 0 aliphatic carbocycles. The lowest BCUT2D eigenvalue weighted by molar-refractivity contribution is 0.0371. The Labute approximate surface area is 112 Å². The molecule has 2 aliphatic rings. The van der Waals surface area contributed by atoms with Crippen LogP contribution in [0, 0.1) is 0 Å². The number of hydrogen-bond acceptors (Lipinski definition) is 3. The summed E-state index contributed by atoms with van der Waals surface area (Å²) in [5.74, 6) is 0. The highest BCUT2D eigenvalue weighted by molar-refractivity contribution is 4.65. The summed E-state index contributed by atoms with van der Waals surface area (Å²) >= 11 is 0. The summed E-state index contributed by atoms with van der Waals surface area (Å²) in [7, 11) is 0. The summed E-state index contributed by atoms with van der Waals surface area (Å²) in [6.45, 7) is 9.51. The quantitative estimate of drug-likeness (QED) is 0.649. The third-order valence-corrected chi connectivity index (χ3v) is 4.25. The highest BCUT2D eigenvalue weighted by Gasteiger charge is 2.10. The Hall–Kier alpha value is -0.120. The Bertz CT molecular complexity index is 177. The molecule has 0 aromatic heterocycles. The molecule has 0 unspecified atom stereocenters. The fourth-order valence-corrected chi connectivity index (χ4v) is 3.03. The van der Waals surface area contributed by atoms with Crippen molar-refractivity contribution in [3.05, 3.63) is 0 Å². The van der Waals surface area contributed by atoms with Crippen molar-refractivity contribution >= 4 is 0 Å². The van der Waals surface area contributed by atoms with E-state index in [1.165, 1.54) is 71.1 Å². The topological polar surface area (TPSA) is 15.7 Å². The van der Waals surface area contributed by atoms with E-state index in [0.29, 0.717) is 0 Å². The maximum atomic E-state index is 5.36. The fourth-order valence-electron chi connectivity index (χ4n) is 3.03. The van der Waals surface area contributed by atoms with Crippen molar-refractivity contribution in [2.24, 2.45) is 0 Å². The van der Waals surface area contributed by atoms with Gasteiger partial charge in [-0.15, -0.1) is 0 Å². The molecule has 0 aromatic carbocycles. The lowest BCUT2D eigenvalue weighted by Crippen LogP contribution is -2.36. The number of likely N-dealkylation sites (tertiary alicyclic amines) is 1. The predicted octanol–water partition coefficient (Wildman–Crippen LogP) is 2.36. The first-order valence-corrected chi connectivity index (χ1v) is 7.97. The zero-order chi connectivity index (χ0) is 12.5. The second kappa shape index (κ2) is 8.89. The van der Waals surface area contributed by atoms with Crippen LogP contribution < -0.4 is 0 Å². The molecule has 2 aliphatic heterocycles. The summed E-state index contributed by atoms with van der Waals surface area (Å²) in [4.78, 5) is 5.21. The van der Waals surface area contributed by atoms with Gasteiger partial charge in [-0.3, -0.25) is 4.90 Å². The van der Waals surface area contributed by atoms with Crippen LogP contribution in [0.25, 0.3) is 0 Å². The van der Waals surface area contributed by atoms with E-state index in [0.717, 1.165) is 26.3 Å². The van der Waals surface area contributed by atoms with Gasteiger partial charge < -0.3 is 9.64 Å². The van der Waals surface area contributed by atoms with Crippen LogP contribution in [0.3, 0.4) is 0 Å². The van der Waals surface area contributed by atoms with Gasteiger partial charge in [0.25, 0.3) is 0 Å². The van der Waals surface area contributed by atoms with E-state index in [1.54, 1.807) is 0 Å². The second-order valence-electron chi connectivity index (χ2n) is 5.77. The van der Waals surface area contributed by atoms with Crippen LogP contribution in [0.2, 0.25) is 0 Å². The first-order valence-electron chi connectivity index (χ1n) is 7.97. The minimum atomic E-state index is 0.939. The standard InChI is InChI=1S/C15H30N2O/c1(4-8-16-9-6-3-7-10-16)2-5-11-17-12-14-18-15-13-17/h1-15H2. The Morgan fingerprint density at radius 2 is 1.17 bits per heavy atom. The van der Waals surface area contributed by atoms with E-state index in [4.69, 9.17) is 4.74 Å². The molecule has 3 nitrogen and oxygen atoms in total. The molecule has 0 aromatic rings. The maximum absolute atomic E-state index is 5.36. The number of piperidine rings is 1. The van der Waals surface area contributed by atoms with Gasteiger partial charge >= 0.3 is 0 Å². The lowest BCUT2D eigenvalue weighted by atomic mass is 10.1. The van der Waals surface area contributed by atoms with Crippen LogP contribution >= 0.6 is 0 Å². The van der Waals surface area contributed by atoms with Gasteiger partial charge in [0.15, 0.2) is 0 Å². The van der Waals surface area contributed by atoms with Crippen LogP contribution in [0.1, 0.15) is 44.9 Å². The maximum Gasteiger partial charge on any atom is 0.0594 e. The van der Waals surface area contributed by atoms with Gasteiger partial charge in [0.2, 0.25) is 0 Å². The molecule has 0 bridgehead atoms. The molecule has 0 amide bonds. The highest BCUT2D eigenvalue weighted by atomic mass is 16.5. The molecule has 3 heteroatoms. The molecule has 0 spiro atoms. The Morgan fingerprint density at radius 1 is 0.611 bits per heavy atom. The Kier molecular flexibility index (Phi) is 7.06. The van der Waals surface area contributed by atoms with E-state index < -0.39 is 0 Å². The molecule has 0 saturated carbocycles. The van der Waals surface area contributed by atoms with E-state index in [2.05, 4.69) is 9.80 Å². The summed E-state index contributed by atoms with van der Waals surface area (Å²) in [6, 6.07) is 0. The molecule has 2 saturated heterocycles. The third kappa shape index (κ3) is 5.68. The zero-order valence-corrected chi connectivity index (χ0v) is 11.9. The van der Waals surface area contributed by atoms with E-state index >= 15 is 0 Å². The van der Waals surface area contributed by atoms with Crippen LogP contribution in [-0.2, 0) is 4.74 Å². The van der Waals surface area contributed by atoms with Crippen molar-refractivity contribution in [3.63, 3.8) is 0 Å². The van der Waals surface area contributed by atoms with Gasteiger partial charge in [-0.1, -0.05) is 19.3 Å². The van der Waals surface area contributed by atoms with Crippen LogP contribution in [0.5, 0.6) is 0 Å². The predicted molar refractivity (Wildman–Crippen MR) is 76.0 cm³/mol. The number of morpholine rings is 1. The molecule has 2 heterocycles. The smallest absolute Gasteiger partial charge is 0.0594 e. The summed E-state index contributed by atoms with van der Waals surface area (Å²) in [6.07, 6.45) is 9.92. The second-order valence-corrected chi connectivity index (χ2v) is 5.77. The van der Waals surface area contributed by atoms with Gasteiger partial charge in [0, 0.05) is 13.1 Å². The monoisotopic (exact) mass is 254 g/mol. The SMILES string of the molecule is C(CCCN1CCOCC1)CCN1CCCCC1. The normalized spacial score (nSPS) is 23.3. The van der Waals surface area contributed by atoms with Crippen molar-refractivity contribution in [1.29, 1.82) is 0 Å². The molecule has 0 atom stereocenters. The molecule has 0 N–H and O–H groups in total. The number of nitrogens with zero attached hydrogens (tertiary/aromatic N) is 2. The van der Waals surface area contributed by atoms with Gasteiger partial charge in [0.1, 0.15) is 0 Å². The van der Waals surface area contributed by atoms with Crippen molar-refractivity contribution in [2.45, 2.75) is 44.9 Å². The lowest BCUT2D eigenvalue weighted by Gasteiger charge is -2.27. The highest BCUT2D eigenvalue weighted by Crippen LogP contribution is 2.10. The van der Waals surface area contributed by atoms with E-state index in [1.807, 2.05) is 0 Å². The van der Waals surface area contributed by atoms with Gasteiger partial charge in [0.05, 0.1) is 13.2 Å². The van der Waals surface area contributed by atoms with Gasteiger partial charge in [-0.25, -0.2) is 0 Å². The number of unbranched alkanes of at least 4 members (excludes halogenated alkanes) is 3. The molecule has 106 valence electrons. The van der Waals surface area contributed by atoms with E-state index in [-0.39, 0.29) is 0 Å². The number of hydrogen-bond donors (Lipinski definition) is 0. The Balaban J connectivity index is 1.39. The molecule has 2 fully saturated rings. The summed E-state index contributed by atoms with van der Waals surface area (Å²) < 4.78 is 5.36. The van der Waals surface area contributed by atoms with Crippen LogP contribution in [0.15, 0.2) is 0 Å². The molecule has 18 heavy (non-hydrogen) atoms. The molecular weight excluding hydrogens is 224 g/mol. The zero-order valence-electron chi connectivity index (χ0n) is 11.9. The molecule has 0 radical (unpaired) electrons. The third-order valence-electron chi connectivity index (χ3n) is 4.25. The van der Waals surface area contributed by atoms with Crippen LogP contribution in [0.4, 0.5) is 0 Å². The number of ether oxygens (including phenoxy) is 1. The van der Waals surface area contributed by atoms with Crippen molar-refractivity contribution < 1.29 is 4.74 Å². The molecule has 2 rings (SSSR count). The number of rotatable bonds is 7. The average molecular weight is 254 g/mol.